The zero-order valence-corrected chi connectivity index (χ0v) is 14.2. The minimum atomic E-state index is -0.246. The summed E-state index contributed by atoms with van der Waals surface area (Å²) in [5.74, 6) is -0.246. The molecule has 0 unspecified atom stereocenters. The van der Waals surface area contributed by atoms with E-state index in [2.05, 4.69) is 31.3 Å². The molecule has 0 spiro atoms. The molecule has 0 fully saturated rings. The van der Waals surface area contributed by atoms with Gasteiger partial charge in [0.2, 0.25) is 0 Å². The molecule has 1 aromatic carbocycles. The molecular weight excluding hydrogens is 364 g/mol. The zero-order valence-electron chi connectivity index (χ0n) is 11.8. The second-order valence-electron chi connectivity index (χ2n) is 4.56. The Morgan fingerprint density at radius 1 is 1.32 bits per heavy atom. The first-order valence-electron chi connectivity index (χ1n) is 6.72. The number of thiazole rings is 1. The van der Waals surface area contributed by atoms with Gasteiger partial charge in [-0.1, -0.05) is 28.1 Å². The number of amides is 1. The van der Waals surface area contributed by atoms with Crippen molar-refractivity contribution in [3.8, 4) is 11.3 Å². The molecule has 0 atom stereocenters. The Morgan fingerprint density at radius 2 is 2.09 bits per heavy atom. The summed E-state index contributed by atoms with van der Waals surface area (Å²) in [4.78, 5) is 16.5. The number of hydrogen-bond acceptors (Lipinski definition) is 4. The average molecular weight is 377 g/mol. The minimum absolute atomic E-state index is 0.246. The number of hydrogen-bond donors (Lipinski definition) is 1. The molecule has 0 radical (unpaired) electrons. The first kappa shape index (κ1) is 14.9. The van der Waals surface area contributed by atoms with Gasteiger partial charge < -0.3 is 0 Å². The smallest absolute Gasteiger partial charge is 0.277 e. The maximum atomic E-state index is 12.1. The van der Waals surface area contributed by atoms with E-state index in [1.807, 2.05) is 36.6 Å². The summed E-state index contributed by atoms with van der Waals surface area (Å²) in [6.07, 6.45) is 1.78. The van der Waals surface area contributed by atoms with Crippen molar-refractivity contribution in [1.82, 2.24) is 14.8 Å². The monoisotopic (exact) mass is 376 g/mol. The highest BCUT2D eigenvalue weighted by molar-refractivity contribution is 9.10. The number of aryl methyl sites for hydroxylation is 1. The van der Waals surface area contributed by atoms with E-state index in [-0.39, 0.29) is 5.91 Å². The number of nitrogens with zero attached hydrogens (tertiary/aromatic N) is 3. The molecule has 1 N–H and O–H groups in total. The van der Waals surface area contributed by atoms with Crippen LogP contribution in [0.1, 0.15) is 17.4 Å². The van der Waals surface area contributed by atoms with E-state index in [1.165, 1.54) is 11.3 Å². The summed E-state index contributed by atoms with van der Waals surface area (Å²) in [5, 5.41) is 9.44. The lowest BCUT2D eigenvalue weighted by Crippen LogP contribution is -2.13. The molecular formula is C15H13BrN4OS. The highest BCUT2D eigenvalue weighted by atomic mass is 79.9. The molecule has 0 saturated carbocycles. The fraction of sp³-hybridized carbons (Fsp3) is 0.133. The summed E-state index contributed by atoms with van der Waals surface area (Å²) < 4.78 is 2.73. The molecule has 5 nitrogen and oxygen atoms in total. The van der Waals surface area contributed by atoms with Gasteiger partial charge in [0, 0.05) is 28.2 Å². The predicted octanol–water partition coefficient (Wildman–Crippen LogP) is 4.04. The fourth-order valence-electron chi connectivity index (χ4n) is 1.90. The Kier molecular flexibility index (Phi) is 4.35. The van der Waals surface area contributed by atoms with E-state index in [1.54, 1.807) is 16.9 Å². The van der Waals surface area contributed by atoms with Gasteiger partial charge in [-0.25, -0.2) is 4.98 Å². The number of carbonyl (C=O) groups excluding carboxylic acids is 1. The maximum absolute atomic E-state index is 12.1. The predicted molar refractivity (Wildman–Crippen MR) is 91.1 cm³/mol. The van der Waals surface area contributed by atoms with Crippen molar-refractivity contribution in [2.75, 3.05) is 5.32 Å². The van der Waals surface area contributed by atoms with Crippen LogP contribution >= 0.6 is 27.3 Å². The third-order valence-electron chi connectivity index (χ3n) is 3.06. The van der Waals surface area contributed by atoms with Gasteiger partial charge in [-0.15, -0.1) is 11.3 Å². The third kappa shape index (κ3) is 3.26. The Morgan fingerprint density at radius 3 is 2.77 bits per heavy atom. The molecule has 3 rings (SSSR count). The Bertz CT molecular complexity index is 794. The number of anilines is 1. The van der Waals surface area contributed by atoms with Crippen LogP contribution in [0.5, 0.6) is 0 Å². The van der Waals surface area contributed by atoms with E-state index < -0.39 is 0 Å². The topological polar surface area (TPSA) is 59.8 Å². The molecule has 0 saturated heterocycles. The quantitative estimate of drug-likeness (QED) is 0.747. The van der Waals surface area contributed by atoms with Crippen molar-refractivity contribution >= 4 is 38.3 Å². The molecule has 3 aromatic rings. The van der Waals surface area contributed by atoms with E-state index in [0.29, 0.717) is 10.8 Å². The van der Waals surface area contributed by atoms with Crippen LogP contribution in [0.25, 0.3) is 11.3 Å². The van der Waals surface area contributed by atoms with Crippen LogP contribution in [-0.4, -0.2) is 20.7 Å². The van der Waals surface area contributed by atoms with Crippen molar-refractivity contribution in [3.05, 3.63) is 52.1 Å². The molecule has 7 heteroatoms. The first-order chi connectivity index (χ1) is 10.7. The van der Waals surface area contributed by atoms with Crippen molar-refractivity contribution in [2.24, 2.45) is 0 Å². The highest BCUT2D eigenvalue weighted by Gasteiger charge is 2.12. The Labute approximate surface area is 140 Å². The Hall–Kier alpha value is -1.99. The van der Waals surface area contributed by atoms with Crippen LogP contribution in [-0.2, 0) is 6.54 Å². The summed E-state index contributed by atoms with van der Waals surface area (Å²) in [6, 6.07) is 9.58. The van der Waals surface area contributed by atoms with E-state index in [0.717, 1.165) is 22.3 Å². The largest absolute Gasteiger partial charge is 0.296 e. The first-order valence-corrected chi connectivity index (χ1v) is 8.39. The third-order valence-corrected chi connectivity index (χ3v) is 4.35. The van der Waals surface area contributed by atoms with Gasteiger partial charge in [0.15, 0.2) is 10.8 Å². The minimum Gasteiger partial charge on any atom is -0.296 e. The summed E-state index contributed by atoms with van der Waals surface area (Å²) in [5.41, 5.74) is 2.24. The average Bonchev–Trinajstić information content (AvgIpc) is 3.17. The lowest BCUT2D eigenvalue weighted by molar-refractivity contribution is 0.102. The van der Waals surface area contributed by atoms with Crippen LogP contribution in [0.2, 0.25) is 0 Å². The lowest BCUT2D eigenvalue weighted by Gasteiger charge is -1.99. The van der Waals surface area contributed by atoms with E-state index in [4.69, 9.17) is 0 Å². The fourth-order valence-corrected chi connectivity index (χ4v) is 2.88. The normalized spacial score (nSPS) is 10.6. The van der Waals surface area contributed by atoms with Crippen molar-refractivity contribution in [3.63, 3.8) is 0 Å². The van der Waals surface area contributed by atoms with Gasteiger partial charge in [0.05, 0.1) is 5.69 Å². The van der Waals surface area contributed by atoms with Crippen LogP contribution in [0.4, 0.5) is 5.13 Å². The van der Waals surface area contributed by atoms with Crippen LogP contribution in [0.3, 0.4) is 0 Å². The number of halogens is 1. The zero-order chi connectivity index (χ0) is 15.5. The van der Waals surface area contributed by atoms with Gasteiger partial charge in [-0.3, -0.25) is 14.8 Å². The van der Waals surface area contributed by atoms with Crippen LogP contribution in [0.15, 0.2) is 46.4 Å². The van der Waals surface area contributed by atoms with Gasteiger partial charge in [-0.2, -0.15) is 5.10 Å². The summed E-state index contributed by atoms with van der Waals surface area (Å²) in [6.45, 7) is 2.71. The lowest BCUT2D eigenvalue weighted by atomic mass is 10.2. The Balaban J connectivity index is 1.73. The molecule has 2 heterocycles. The van der Waals surface area contributed by atoms with Gasteiger partial charge in [0.1, 0.15) is 0 Å². The number of carbonyl (C=O) groups is 1. The SMILES string of the molecule is CCn1ccc(C(=O)Nc2nc(-c3ccc(Br)cc3)cs2)n1. The van der Waals surface area contributed by atoms with Gasteiger partial charge in [-0.05, 0) is 25.1 Å². The van der Waals surface area contributed by atoms with Crippen LogP contribution in [0, 0.1) is 0 Å². The number of nitrogens with one attached hydrogen (secondary N) is 1. The molecule has 1 amide bonds. The molecule has 0 aliphatic rings. The van der Waals surface area contributed by atoms with E-state index in [9.17, 15) is 4.79 Å². The second-order valence-corrected chi connectivity index (χ2v) is 6.33. The molecule has 0 aliphatic carbocycles. The standard InChI is InChI=1S/C15H13BrN4OS/c1-2-20-8-7-12(19-20)14(21)18-15-17-13(9-22-15)10-3-5-11(16)6-4-10/h3-9H,2H2,1H3,(H,17,18,21). The van der Waals surface area contributed by atoms with Crippen molar-refractivity contribution in [1.29, 1.82) is 0 Å². The molecule has 0 aliphatic heterocycles. The number of benzene rings is 1. The summed E-state index contributed by atoms with van der Waals surface area (Å²) in [7, 11) is 0. The highest BCUT2D eigenvalue weighted by Crippen LogP contribution is 2.26. The molecule has 0 bridgehead atoms. The number of aromatic nitrogens is 3. The second kappa shape index (κ2) is 6.41. The molecule has 22 heavy (non-hydrogen) atoms. The molecule has 2 aromatic heterocycles. The van der Waals surface area contributed by atoms with E-state index >= 15 is 0 Å². The molecule has 112 valence electrons. The van der Waals surface area contributed by atoms with Crippen molar-refractivity contribution < 1.29 is 4.79 Å². The van der Waals surface area contributed by atoms with Gasteiger partial charge in [0.25, 0.3) is 5.91 Å². The van der Waals surface area contributed by atoms with Crippen LogP contribution < -0.4 is 5.32 Å². The number of rotatable bonds is 4. The van der Waals surface area contributed by atoms with Crippen molar-refractivity contribution in [2.45, 2.75) is 13.5 Å². The maximum Gasteiger partial charge on any atom is 0.277 e. The summed E-state index contributed by atoms with van der Waals surface area (Å²) >= 11 is 4.80. The van der Waals surface area contributed by atoms with Gasteiger partial charge >= 0.3 is 0 Å².